The van der Waals surface area contributed by atoms with Crippen molar-refractivity contribution < 1.29 is 4.39 Å². The van der Waals surface area contributed by atoms with Crippen molar-refractivity contribution >= 4 is 44.7 Å². The van der Waals surface area contributed by atoms with E-state index in [1.807, 2.05) is 6.07 Å². The fourth-order valence-electron chi connectivity index (χ4n) is 1.29. The topological polar surface area (TPSA) is 37.8 Å². The van der Waals surface area contributed by atoms with Crippen molar-refractivity contribution in [3.63, 3.8) is 0 Å². The van der Waals surface area contributed by atoms with Gasteiger partial charge in [-0.3, -0.25) is 0 Å². The molecule has 0 spiro atoms. The Labute approximate surface area is 115 Å². The number of thiophene rings is 1. The van der Waals surface area contributed by atoms with E-state index in [2.05, 4.69) is 31.2 Å². The first-order chi connectivity index (χ1) is 8.02. The average molecular weight is 337 g/mol. The van der Waals surface area contributed by atoms with Gasteiger partial charge in [-0.25, -0.2) is 14.4 Å². The van der Waals surface area contributed by atoms with Crippen LogP contribution in [0.15, 0.2) is 10.5 Å². The van der Waals surface area contributed by atoms with E-state index in [0.717, 1.165) is 9.35 Å². The highest BCUT2D eigenvalue weighted by Gasteiger charge is 2.14. The van der Waals surface area contributed by atoms with Crippen LogP contribution in [0.25, 0.3) is 10.7 Å². The third-order valence-corrected chi connectivity index (χ3v) is 4.59. The Bertz CT molecular complexity index is 553. The molecular formula is C10H8BrClFN3S. The SMILES string of the molecule is CNc1nc(-c2cc(Br)c(Cl)s2)nc(C)c1F. The van der Waals surface area contributed by atoms with Gasteiger partial charge in [0.25, 0.3) is 0 Å². The molecule has 2 aromatic heterocycles. The molecular weight excluding hydrogens is 329 g/mol. The van der Waals surface area contributed by atoms with Crippen LogP contribution in [-0.2, 0) is 0 Å². The molecule has 0 aliphatic carbocycles. The van der Waals surface area contributed by atoms with Gasteiger partial charge in [0, 0.05) is 11.5 Å². The molecule has 0 aliphatic heterocycles. The van der Waals surface area contributed by atoms with Gasteiger partial charge >= 0.3 is 0 Å². The summed E-state index contributed by atoms with van der Waals surface area (Å²) in [4.78, 5) is 9.01. The largest absolute Gasteiger partial charge is 0.371 e. The van der Waals surface area contributed by atoms with Crippen LogP contribution in [0.5, 0.6) is 0 Å². The van der Waals surface area contributed by atoms with Gasteiger partial charge in [0.1, 0.15) is 4.34 Å². The van der Waals surface area contributed by atoms with E-state index in [1.165, 1.54) is 11.3 Å². The number of nitrogens with one attached hydrogen (secondary N) is 1. The molecule has 0 atom stereocenters. The van der Waals surface area contributed by atoms with Crippen molar-refractivity contribution in [2.75, 3.05) is 12.4 Å². The summed E-state index contributed by atoms with van der Waals surface area (Å²) in [6.07, 6.45) is 0. The number of nitrogens with zero attached hydrogens (tertiary/aromatic N) is 2. The summed E-state index contributed by atoms with van der Waals surface area (Å²) in [6.45, 7) is 1.60. The van der Waals surface area contributed by atoms with Gasteiger partial charge in [-0.05, 0) is 28.9 Å². The highest BCUT2D eigenvalue weighted by molar-refractivity contribution is 9.10. The summed E-state index contributed by atoms with van der Waals surface area (Å²) < 4.78 is 15.0. The number of rotatable bonds is 2. The van der Waals surface area contributed by atoms with Gasteiger partial charge in [-0.15, -0.1) is 11.3 Å². The second-order valence-corrected chi connectivity index (χ2v) is 5.79. The molecule has 0 amide bonds. The molecule has 0 unspecified atom stereocenters. The van der Waals surface area contributed by atoms with E-state index in [0.29, 0.717) is 15.9 Å². The molecule has 3 nitrogen and oxygen atoms in total. The van der Waals surface area contributed by atoms with E-state index in [-0.39, 0.29) is 5.82 Å². The molecule has 0 radical (unpaired) electrons. The molecule has 0 aliphatic rings. The van der Waals surface area contributed by atoms with Crippen LogP contribution in [0.1, 0.15) is 5.69 Å². The predicted octanol–water partition coefficient (Wildman–Crippen LogP) is 4.11. The zero-order chi connectivity index (χ0) is 12.6. The zero-order valence-electron chi connectivity index (χ0n) is 9.01. The first-order valence-corrected chi connectivity index (χ1v) is 6.68. The van der Waals surface area contributed by atoms with Crippen molar-refractivity contribution in [1.82, 2.24) is 9.97 Å². The number of hydrogen-bond donors (Lipinski definition) is 1. The zero-order valence-corrected chi connectivity index (χ0v) is 12.2. The summed E-state index contributed by atoms with van der Waals surface area (Å²) in [5.74, 6) is 0.219. The number of aromatic nitrogens is 2. The van der Waals surface area contributed by atoms with E-state index in [1.54, 1.807) is 14.0 Å². The van der Waals surface area contributed by atoms with Crippen LogP contribution < -0.4 is 5.32 Å². The van der Waals surface area contributed by atoms with Gasteiger partial charge in [-0.1, -0.05) is 11.6 Å². The first-order valence-electron chi connectivity index (χ1n) is 4.70. The lowest BCUT2D eigenvalue weighted by Gasteiger charge is -2.05. The summed E-state index contributed by atoms with van der Waals surface area (Å²) in [5, 5.41) is 2.70. The highest BCUT2D eigenvalue weighted by atomic mass is 79.9. The maximum Gasteiger partial charge on any atom is 0.186 e. The van der Waals surface area contributed by atoms with E-state index < -0.39 is 5.82 Å². The fraction of sp³-hybridized carbons (Fsp3) is 0.200. The van der Waals surface area contributed by atoms with Crippen molar-refractivity contribution in [2.45, 2.75) is 6.92 Å². The highest BCUT2D eigenvalue weighted by Crippen LogP contribution is 2.37. The van der Waals surface area contributed by atoms with Crippen LogP contribution in [0.3, 0.4) is 0 Å². The van der Waals surface area contributed by atoms with Crippen LogP contribution in [0.4, 0.5) is 10.2 Å². The van der Waals surface area contributed by atoms with Gasteiger partial charge in [0.15, 0.2) is 17.5 Å². The molecule has 2 rings (SSSR count). The minimum absolute atomic E-state index is 0.188. The Morgan fingerprint density at radius 2 is 2.18 bits per heavy atom. The lowest BCUT2D eigenvalue weighted by molar-refractivity contribution is 0.607. The smallest absolute Gasteiger partial charge is 0.186 e. The van der Waals surface area contributed by atoms with Crippen LogP contribution in [0.2, 0.25) is 4.34 Å². The normalized spacial score (nSPS) is 10.6. The van der Waals surface area contributed by atoms with Crippen molar-refractivity contribution in [2.24, 2.45) is 0 Å². The minimum Gasteiger partial charge on any atom is -0.371 e. The number of aryl methyl sites for hydroxylation is 1. The number of halogens is 3. The van der Waals surface area contributed by atoms with Crippen molar-refractivity contribution in [3.05, 3.63) is 26.4 Å². The molecule has 0 saturated heterocycles. The molecule has 17 heavy (non-hydrogen) atoms. The summed E-state index contributed by atoms with van der Waals surface area (Å²) in [7, 11) is 1.62. The maximum absolute atomic E-state index is 13.6. The lowest BCUT2D eigenvalue weighted by Crippen LogP contribution is -2.02. The van der Waals surface area contributed by atoms with Gasteiger partial charge in [0.05, 0.1) is 10.6 Å². The van der Waals surface area contributed by atoms with Gasteiger partial charge < -0.3 is 5.32 Å². The monoisotopic (exact) mass is 335 g/mol. The van der Waals surface area contributed by atoms with Gasteiger partial charge in [0.2, 0.25) is 0 Å². The second-order valence-electron chi connectivity index (χ2n) is 3.28. The van der Waals surface area contributed by atoms with Crippen LogP contribution in [0, 0.1) is 12.7 Å². The lowest BCUT2D eigenvalue weighted by atomic mass is 10.3. The summed E-state index contributed by atoms with van der Waals surface area (Å²) >= 11 is 10.6. The standard InChI is InChI=1S/C10H8BrClFN3S/c1-4-7(13)10(14-2)16-9(15-4)6-3-5(11)8(12)17-6/h3H,1-2H3,(H,14,15,16). The fourth-order valence-corrected chi connectivity index (χ4v) is 2.93. The summed E-state index contributed by atoms with van der Waals surface area (Å²) in [5.41, 5.74) is 0.306. The molecule has 0 fully saturated rings. The number of hydrogen-bond acceptors (Lipinski definition) is 4. The maximum atomic E-state index is 13.6. The Hall–Kier alpha value is -0.720. The Balaban J connectivity index is 2.56. The molecule has 0 bridgehead atoms. The van der Waals surface area contributed by atoms with Crippen LogP contribution in [-0.4, -0.2) is 17.0 Å². The quantitative estimate of drug-likeness (QED) is 0.897. The second kappa shape index (κ2) is 4.88. The molecule has 1 N–H and O–H groups in total. The van der Waals surface area contributed by atoms with E-state index in [4.69, 9.17) is 11.6 Å². The van der Waals surface area contributed by atoms with Crippen molar-refractivity contribution in [3.8, 4) is 10.7 Å². The first kappa shape index (κ1) is 12.7. The Morgan fingerprint density at radius 3 is 2.71 bits per heavy atom. The van der Waals surface area contributed by atoms with E-state index in [9.17, 15) is 4.39 Å². The predicted molar refractivity (Wildman–Crippen MR) is 72.3 cm³/mol. The minimum atomic E-state index is -0.432. The molecule has 2 aromatic rings. The average Bonchev–Trinajstić information content (AvgIpc) is 2.63. The summed E-state index contributed by atoms with van der Waals surface area (Å²) in [6, 6.07) is 1.82. The molecule has 90 valence electrons. The molecule has 0 aromatic carbocycles. The number of anilines is 1. The van der Waals surface area contributed by atoms with Gasteiger partial charge in [-0.2, -0.15) is 0 Å². The molecule has 7 heteroatoms. The van der Waals surface area contributed by atoms with Crippen molar-refractivity contribution in [1.29, 1.82) is 0 Å². The Kier molecular flexibility index (Phi) is 3.65. The Morgan fingerprint density at radius 1 is 1.47 bits per heavy atom. The third kappa shape index (κ3) is 2.43. The van der Waals surface area contributed by atoms with Crippen LogP contribution >= 0.6 is 38.9 Å². The molecule has 2 heterocycles. The third-order valence-electron chi connectivity index (χ3n) is 2.12. The van der Waals surface area contributed by atoms with E-state index >= 15 is 0 Å². The molecule has 0 saturated carbocycles.